The molecular formula is C5H13O4P. The molecule has 5 heteroatoms. The molecule has 0 aromatic carbocycles. The van der Waals surface area contributed by atoms with Gasteiger partial charge in [-0.2, -0.15) is 0 Å². The summed E-state index contributed by atoms with van der Waals surface area (Å²) in [7, 11) is -3.83. The van der Waals surface area contributed by atoms with Gasteiger partial charge in [0.2, 0.25) is 0 Å². The van der Waals surface area contributed by atoms with E-state index >= 15 is 0 Å². The molecule has 0 saturated carbocycles. The van der Waals surface area contributed by atoms with Crippen LogP contribution in [0.25, 0.3) is 0 Å². The van der Waals surface area contributed by atoms with Gasteiger partial charge in [-0.15, -0.1) is 0 Å². The van der Waals surface area contributed by atoms with Crippen molar-refractivity contribution in [1.82, 2.24) is 0 Å². The first-order valence-corrected chi connectivity index (χ1v) is 4.98. The lowest BCUT2D eigenvalue weighted by Gasteiger charge is -2.03. The summed E-state index contributed by atoms with van der Waals surface area (Å²) in [6.07, 6.45) is 0.703. The van der Waals surface area contributed by atoms with Crippen LogP contribution in [0.5, 0.6) is 0 Å². The van der Waals surface area contributed by atoms with Crippen LogP contribution in [0.1, 0.15) is 13.3 Å². The Bertz CT molecular complexity index is 119. The second-order valence-corrected chi connectivity index (χ2v) is 3.78. The molecule has 0 unspecified atom stereocenters. The van der Waals surface area contributed by atoms with Crippen LogP contribution in [0.4, 0.5) is 0 Å². The van der Waals surface area contributed by atoms with Crippen LogP contribution in [0.2, 0.25) is 0 Å². The Morgan fingerprint density at radius 3 is 2.40 bits per heavy atom. The quantitative estimate of drug-likeness (QED) is 0.465. The van der Waals surface area contributed by atoms with Gasteiger partial charge in [0.25, 0.3) is 0 Å². The fourth-order valence-corrected chi connectivity index (χ4v) is 0.797. The Morgan fingerprint density at radius 1 is 1.40 bits per heavy atom. The number of hydrogen-bond acceptors (Lipinski definition) is 2. The molecule has 0 bridgehead atoms. The van der Waals surface area contributed by atoms with Gasteiger partial charge in [0.1, 0.15) is 0 Å². The number of rotatable bonds is 5. The van der Waals surface area contributed by atoms with Gasteiger partial charge in [0, 0.05) is 6.61 Å². The van der Waals surface area contributed by atoms with Gasteiger partial charge in [-0.25, -0.2) is 0 Å². The van der Waals surface area contributed by atoms with Crippen LogP contribution in [0, 0.1) is 0 Å². The van der Waals surface area contributed by atoms with E-state index in [1.165, 1.54) is 0 Å². The zero-order valence-corrected chi connectivity index (χ0v) is 6.88. The highest BCUT2D eigenvalue weighted by Gasteiger charge is 2.11. The smallest absolute Gasteiger partial charge is 0.327 e. The SMILES string of the molecule is CCCOCCP(=O)(O)O. The van der Waals surface area contributed by atoms with Crippen molar-refractivity contribution in [2.45, 2.75) is 13.3 Å². The largest absolute Gasteiger partial charge is 0.381 e. The van der Waals surface area contributed by atoms with Crippen molar-refractivity contribution < 1.29 is 19.1 Å². The lowest BCUT2D eigenvalue weighted by atomic mass is 10.5. The number of hydrogen-bond donors (Lipinski definition) is 2. The summed E-state index contributed by atoms with van der Waals surface area (Å²) in [5.74, 6) is 0. The minimum absolute atomic E-state index is 0.151. The van der Waals surface area contributed by atoms with Crippen molar-refractivity contribution in [3.8, 4) is 0 Å². The molecule has 4 nitrogen and oxygen atoms in total. The van der Waals surface area contributed by atoms with Crippen molar-refractivity contribution >= 4 is 7.60 Å². The highest BCUT2D eigenvalue weighted by molar-refractivity contribution is 7.51. The molecule has 0 aromatic rings. The molecule has 0 aliphatic rings. The summed E-state index contributed by atoms with van der Waals surface area (Å²) in [5.41, 5.74) is 0. The van der Waals surface area contributed by atoms with E-state index in [0.29, 0.717) is 6.61 Å². The molecule has 0 aliphatic carbocycles. The average molecular weight is 168 g/mol. The van der Waals surface area contributed by atoms with Crippen molar-refractivity contribution in [2.75, 3.05) is 19.4 Å². The van der Waals surface area contributed by atoms with E-state index in [2.05, 4.69) is 0 Å². The molecular weight excluding hydrogens is 155 g/mol. The zero-order chi connectivity index (χ0) is 8.04. The van der Waals surface area contributed by atoms with Crippen molar-refractivity contribution in [3.05, 3.63) is 0 Å². The van der Waals surface area contributed by atoms with E-state index in [9.17, 15) is 4.57 Å². The first-order chi connectivity index (χ1) is 4.56. The van der Waals surface area contributed by atoms with E-state index in [1.807, 2.05) is 6.92 Å². The van der Waals surface area contributed by atoms with Gasteiger partial charge in [0.05, 0.1) is 12.8 Å². The molecule has 0 spiro atoms. The molecule has 0 aromatic heterocycles. The van der Waals surface area contributed by atoms with Crippen LogP contribution < -0.4 is 0 Å². The van der Waals surface area contributed by atoms with Crippen LogP contribution in [0.3, 0.4) is 0 Å². The van der Waals surface area contributed by atoms with Crippen molar-refractivity contribution in [1.29, 1.82) is 0 Å². The van der Waals surface area contributed by atoms with E-state index in [4.69, 9.17) is 14.5 Å². The second kappa shape index (κ2) is 4.85. The highest BCUT2D eigenvalue weighted by Crippen LogP contribution is 2.33. The normalized spacial score (nSPS) is 11.9. The Morgan fingerprint density at radius 2 is 2.00 bits per heavy atom. The number of ether oxygens (including phenoxy) is 1. The molecule has 2 N–H and O–H groups in total. The third-order valence-electron chi connectivity index (χ3n) is 0.875. The summed E-state index contributed by atoms with van der Waals surface area (Å²) in [4.78, 5) is 16.7. The molecule has 0 saturated heterocycles. The zero-order valence-electron chi connectivity index (χ0n) is 5.99. The molecule has 0 amide bonds. The van der Waals surface area contributed by atoms with Gasteiger partial charge < -0.3 is 14.5 Å². The fourth-order valence-electron chi connectivity index (χ4n) is 0.430. The van der Waals surface area contributed by atoms with Crippen LogP contribution in [-0.2, 0) is 9.30 Å². The standard InChI is InChI=1S/C5H13O4P/c1-2-3-9-4-5-10(6,7)8/h2-5H2,1H3,(H2,6,7,8). The van der Waals surface area contributed by atoms with E-state index < -0.39 is 7.60 Å². The summed E-state index contributed by atoms with van der Waals surface area (Å²) in [6.45, 7) is 2.66. The van der Waals surface area contributed by atoms with Crippen LogP contribution >= 0.6 is 7.60 Å². The molecule has 0 atom stereocenters. The van der Waals surface area contributed by atoms with Crippen molar-refractivity contribution in [2.24, 2.45) is 0 Å². The van der Waals surface area contributed by atoms with Crippen LogP contribution in [-0.4, -0.2) is 29.2 Å². The van der Waals surface area contributed by atoms with Gasteiger partial charge in [-0.05, 0) is 6.42 Å². The van der Waals surface area contributed by atoms with Crippen molar-refractivity contribution in [3.63, 3.8) is 0 Å². The molecule has 0 aliphatic heterocycles. The minimum Gasteiger partial charge on any atom is -0.381 e. The predicted octanol–water partition coefficient (Wildman–Crippen LogP) is 0.591. The second-order valence-electron chi connectivity index (χ2n) is 2.00. The van der Waals surface area contributed by atoms with E-state index in [-0.39, 0.29) is 12.8 Å². The topological polar surface area (TPSA) is 66.8 Å². The maximum absolute atomic E-state index is 10.2. The molecule has 62 valence electrons. The Labute approximate surface area is 60.4 Å². The third kappa shape index (κ3) is 8.11. The molecule has 0 rings (SSSR count). The summed E-state index contributed by atoms with van der Waals surface area (Å²) < 4.78 is 15.1. The fraction of sp³-hybridized carbons (Fsp3) is 1.00. The Hall–Kier alpha value is 0.110. The predicted molar refractivity (Wildman–Crippen MR) is 38.0 cm³/mol. The molecule has 0 radical (unpaired) electrons. The van der Waals surface area contributed by atoms with E-state index in [1.54, 1.807) is 0 Å². The van der Waals surface area contributed by atoms with Gasteiger partial charge in [-0.1, -0.05) is 6.92 Å². The van der Waals surface area contributed by atoms with E-state index in [0.717, 1.165) is 6.42 Å². The lowest BCUT2D eigenvalue weighted by Crippen LogP contribution is -2.01. The minimum atomic E-state index is -3.83. The maximum Gasteiger partial charge on any atom is 0.327 e. The average Bonchev–Trinajstić information content (AvgIpc) is 1.78. The summed E-state index contributed by atoms with van der Waals surface area (Å²) >= 11 is 0. The summed E-state index contributed by atoms with van der Waals surface area (Å²) in [5, 5.41) is 0. The summed E-state index contributed by atoms with van der Waals surface area (Å²) in [6, 6.07) is 0. The third-order valence-corrected chi connectivity index (χ3v) is 1.64. The lowest BCUT2D eigenvalue weighted by molar-refractivity contribution is 0.146. The van der Waals surface area contributed by atoms with Gasteiger partial charge in [0.15, 0.2) is 0 Å². The Balaban J connectivity index is 3.13. The highest BCUT2D eigenvalue weighted by atomic mass is 31.2. The molecule has 0 heterocycles. The molecule has 10 heavy (non-hydrogen) atoms. The monoisotopic (exact) mass is 168 g/mol. The van der Waals surface area contributed by atoms with Crippen LogP contribution in [0.15, 0.2) is 0 Å². The first kappa shape index (κ1) is 10.1. The van der Waals surface area contributed by atoms with Gasteiger partial charge in [-0.3, -0.25) is 4.57 Å². The first-order valence-electron chi connectivity index (χ1n) is 3.18. The van der Waals surface area contributed by atoms with Gasteiger partial charge >= 0.3 is 7.60 Å². The molecule has 0 fully saturated rings. The maximum atomic E-state index is 10.2. The Kier molecular flexibility index (Phi) is 4.91.